The van der Waals surface area contributed by atoms with Crippen LogP contribution < -0.4 is 0 Å². The number of hydrogen-bond acceptors (Lipinski definition) is 4. The van der Waals surface area contributed by atoms with Gasteiger partial charge in [0.15, 0.2) is 0 Å². The summed E-state index contributed by atoms with van der Waals surface area (Å²) in [4.78, 5) is 0. The summed E-state index contributed by atoms with van der Waals surface area (Å²) in [6, 6.07) is 0. The van der Waals surface area contributed by atoms with Gasteiger partial charge in [-0.3, -0.25) is 0 Å². The quantitative estimate of drug-likeness (QED) is 0.690. The molecule has 0 bridgehead atoms. The van der Waals surface area contributed by atoms with E-state index >= 15 is 0 Å². The van der Waals surface area contributed by atoms with Crippen molar-refractivity contribution in [2.24, 2.45) is 0 Å². The van der Waals surface area contributed by atoms with E-state index in [1.807, 2.05) is 0 Å². The molecule has 0 spiro atoms. The molecule has 0 amide bonds. The normalized spacial score (nSPS) is 27.9. The number of alkyl halides is 2. The van der Waals surface area contributed by atoms with Crippen LogP contribution in [-0.2, 0) is 18.9 Å². The van der Waals surface area contributed by atoms with Crippen molar-refractivity contribution < 1.29 is 18.9 Å². The lowest BCUT2D eigenvalue weighted by atomic mass is 10.5. The van der Waals surface area contributed by atoms with Crippen LogP contribution >= 0.6 is 31.9 Å². The largest absolute Gasteiger partial charge is 0.347 e. The SMILES string of the molecule is BrCCO[C@@H]1OCCO[C@H]1OCCBr. The molecule has 0 aromatic carbocycles. The molecule has 2 atom stereocenters. The molecule has 0 aromatic rings. The van der Waals surface area contributed by atoms with Crippen LogP contribution in [-0.4, -0.2) is 49.7 Å². The smallest absolute Gasteiger partial charge is 0.209 e. The predicted molar refractivity (Wildman–Crippen MR) is 59.0 cm³/mol. The lowest BCUT2D eigenvalue weighted by molar-refractivity contribution is -0.317. The molecule has 1 rings (SSSR count). The number of halogens is 2. The standard InChI is InChI=1S/C8H14Br2O4/c9-1-3-11-7-8(12-4-2-10)14-6-5-13-7/h7-8H,1-6H2/t7-,8-/m1/s1. The minimum atomic E-state index is -0.402. The molecule has 1 aliphatic heterocycles. The van der Waals surface area contributed by atoms with E-state index in [1.165, 1.54) is 0 Å². The van der Waals surface area contributed by atoms with Crippen molar-refractivity contribution in [3.05, 3.63) is 0 Å². The third-order valence-corrected chi connectivity index (χ3v) is 2.24. The lowest BCUT2D eigenvalue weighted by Crippen LogP contribution is -2.42. The first-order chi connectivity index (χ1) is 6.88. The molecule has 0 aromatic heterocycles. The third kappa shape index (κ3) is 4.55. The third-order valence-electron chi connectivity index (χ3n) is 1.59. The number of rotatable bonds is 6. The Morgan fingerprint density at radius 3 is 1.71 bits per heavy atom. The molecule has 14 heavy (non-hydrogen) atoms. The van der Waals surface area contributed by atoms with Gasteiger partial charge in [-0.2, -0.15) is 0 Å². The van der Waals surface area contributed by atoms with Gasteiger partial charge in [0.2, 0.25) is 12.6 Å². The minimum Gasteiger partial charge on any atom is -0.347 e. The molecule has 0 radical (unpaired) electrons. The lowest BCUT2D eigenvalue weighted by Gasteiger charge is -2.31. The van der Waals surface area contributed by atoms with Crippen molar-refractivity contribution in [1.29, 1.82) is 0 Å². The Morgan fingerprint density at radius 2 is 1.36 bits per heavy atom. The van der Waals surface area contributed by atoms with E-state index in [9.17, 15) is 0 Å². The first-order valence-corrected chi connectivity index (χ1v) is 6.71. The summed E-state index contributed by atoms with van der Waals surface area (Å²) in [6.45, 7) is 2.28. The van der Waals surface area contributed by atoms with Gasteiger partial charge in [-0.15, -0.1) is 0 Å². The van der Waals surface area contributed by atoms with Crippen molar-refractivity contribution in [2.75, 3.05) is 37.1 Å². The van der Waals surface area contributed by atoms with Crippen LogP contribution in [0, 0.1) is 0 Å². The maximum atomic E-state index is 5.41. The van der Waals surface area contributed by atoms with Gasteiger partial charge in [0.1, 0.15) is 0 Å². The van der Waals surface area contributed by atoms with E-state index in [4.69, 9.17) is 18.9 Å². The van der Waals surface area contributed by atoms with Gasteiger partial charge in [0.05, 0.1) is 26.4 Å². The molecule has 4 nitrogen and oxygen atoms in total. The molecule has 0 aliphatic carbocycles. The molecular weight excluding hydrogens is 320 g/mol. The van der Waals surface area contributed by atoms with Crippen molar-refractivity contribution >= 4 is 31.9 Å². The molecular formula is C8H14Br2O4. The van der Waals surface area contributed by atoms with Gasteiger partial charge in [-0.1, -0.05) is 31.9 Å². The van der Waals surface area contributed by atoms with Crippen LogP contribution in [0.2, 0.25) is 0 Å². The Hall–Kier alpha value is 0.800. The predicted octanol–water partition coefficient (Wildman–Crippen LogP) is 1.51. The maximum absolute atomic E-state index is 5.41. The van der Waals surface area contributed by atoms with Gasteiger partial charge in [-0.05, 0) is 0 Å². The highest BCUT2D eigenvalue weighted by molar-refractivity contribution is 9.09. The Kier molecular flexibility index (Phi) is 7.36. The van der Waals surface area contributed by atoms with E-state index in [0.717, 1.165) is 10.7 Å². The Labute approximate surface area is 100 Å². The molecule has 0 N–H and O–H groups in total. The Morgan fingerprint density at radius 1 is 0.929 bits per heavy atom. The van der Waals surface area contributed by atoms with Crippen LogP contribution in [0.5, 0.6) is 0 Å². The number of hydrogen-bond donors (Lipinski definition) is 0. The molecule has 1 aliphatic rings. The van der Waals surface area contributed by atoms with Gasteiger partial charge in [0.25, 0.3) is 0 Å². The number of ether oxygens (including phenoxy) is 4. The molecule has 1 fully saturated rings. The zero-order chi connectivity index (χ0) is 10.2. The highest BCUT2D eigenvalue weighted by Crippen LogP contribution is 2.13. The first-order valence-electron chi connectivity index (χ1n) is 4.47. The highest BCUT2D eigenvalue weighted by Gasteiger charge is 2.28. The van der Waals surface area contributed by atoms with E-state index in [1.54, 1.807) is 0 Å². The Bertz CT molecular complexity index is 131. The summed E-state index contributed by atoms with van der Waals surface area (Å²) >= 11 is 6.56. The second-order valence-corrected chi connectivity index (χ2v) is 4.18. The summed E-state index contributed by atoms with van der Waals surface area (Å²) in [7, 11) is 0. The highest BCUT2D eigenvalue weighted by atomic mass is 79.9. The van der Waals surface area contributed by atoms with Crippen molar-refractivity contribution in [2.45, 2.75) is 12.6 Å². The second-order valence-electron chi connectivity index (χ2n) is 2.60. The fourth-order valence-electron chi connectivity index (χ4n) is 1.06. The summed E-state index contributed by atoms with van der Waals surface area (Å²) in [5.41, 5.74) is 0. The molecule has 0 unspecified atom stereocenters. The summed E-state index contributed by atoms with van der Waals surface area (Å²) < 4.78 is 21.6. The van der Waals surface area contributed by atoms with Crippen molar-refractivity contribution in [3.8, 4) is 0 Å². The zero-order valence-corrected chi connectivity index (χ0v) is 11.0. The molecule has 0 saturated carbocycles. The van der Waals surface area contributed by atoms with Crippen LogP contribution in [0.25, 0.3) is 0 Å². The van der Waals surface area contributed by atoms with Crippen LogP contribution in [0.1, 0.15) is 0 Å². The van der Waals surface area contributed by atoms with Crippen LogP contribution in [0.15, 0.2) is 0 Å². The molecule has 1 saturated heterocycles. The maximum Gasteiger partial charge on any atom is 0.209 e. The Balaban J connectivity index is 2.26. The van der Waals surface area contributed by atoms with Crippen molar-refractivity contribution in [3.63, 3.8) is 0 Å². The second kappa shape index (κ2) is 8.01. The van der Waals surface area contributed by atoms with Gasteiger partial charge >= 0.3 is 0 Å². The first kappa shape index (κ1) is 12.9. The molecule has 84 valence electrons. The summed E-state index contributed by atoms with van der Waals surface area (Å²) in [5.74, 6) is 0. The van der Waals surface area contributed by atoms with Gasteiger partial charge in [-0.25, -0.2) is 0 Å². The average molecular weight is 334 g/mol. The van der Waals surface area contributed by atoms with Crippen LogP contribution in [0.3, 0.4) is 0 Å². The molecule has 6 heteroatoms. The van der Waals surface area contributed by atoms with E-state index in [0.29, 0.717) is 26.4 Å². The van der Waals surface area contributed by atoms with Crippen molar-refractivity contribution in [1.82, 2.24) is 0 Å². The monoisotopic (exact) mass is 332 g/mol. The van der Waals surface area contributed by atoms with Gasteiger partial charge in [0, 0.05) is 10.7 Å². The minimum absolute atomic E-state index is 0.402. The summed E-state index contributed by atoms with van der Waals surface area (Å²) in [6.07, 6.45) is -0.805. The average Bonchev–Trinajstić information content (AvgIpc) is 2.24. The van der Waals surface area contributed by atoms with E-state index < -0.39 is 12.6 Å². The fourth-order valence-corrected chi connectivity index (χ4v) is 1.43. The fraction of sp³-hybridized carbons (Fsp3) is 1.00. The van der Waals surface area contributed by atoms with Crippen LogP contribution in [0.4, 0.5) is 0 Å². The summed E-state index contributed by atoms with van der Waals surface area (Å²) in [5, 5.41) is 1.55. The zero-order valence-electron chi connectivity index (χ0n) is 7.79. The molecule has 1 heterocycles. The topological polar surface area (TPSA) is 36.9 Å². The van der Waals surface area contributed by atoms with E-state index in [2.05, 4.69) is 31.9 Å². The van der Waals surface area contributed by atoms with E-state index in [-0.39, 0.29) is 0 Å². The van der Waals surface area contributed by atoms with Gasteiger partial charge < -0.3 is 18.9 Å².